The highest BCUT2D eigenvalue weighted by Gasteiger charge is 2.47. The third-order valence-electron chi connectivity index (χ3n) is 23.8. The van der Waals surface area contributed by atoms with Crippen molar-refractivity contribution in [2.45, 2.75) is 262 Å². The molecule has 1 radical (unpaired) electrons. The normalized spacial score (nSPS) is 21.7. The highest BCUT2D eigenvalue weighted by molar-refractivity contribution is 6.73. The van der Waals surface area contributed by atoms with E-state index in [9.17, 15) is 0 Å². The van der Waals surface area contributed by atoms with E-state index < -0.39 is 0 Å². The van der Waals surface area contributed by atoms with Crippen molar-refractivity contribution in [3.8, 4) is 33.4 Å². The molecule has 457 valence electrons. The first-order chi connectivity index (χ1) is 40.3. The Morgan fingerprint density at radius 3 is 1.82 bits per heavy atom. The zero-order valence-electron chi connectivity index (χ0n) is 58.5. The van der Waals surface area contributed by atoms with E-state index >= 15 is 0 Å². The van der Waals surface area contributed by atoms with Crippen LogP contribution >= 0.6 is 0 Å². The minimum absolute atomic E-state index is 0.0189. The number of fused-ring (bicyclic) bond motifs is 7. The Morgan fingerprint density at radius 1 is 0.575 bits per heavy atom. The van der Waals surface area contributed by atoms with Gasteiger partial charge in [0.05, 0.1) is 0 Å². The lowest BCUT2D eigenvalue weighted by molar-refractivity contribution is 0.172. The first-order valence-electron chi connectivity index (χ1n) is 34.2. The molecule has 0 fully saturated rings. The molecule has 2 atom stereocenters. The molecule has 3 heteroatoms. The van der Waals surface area contributed by atoms with Gasteiger partial charge in [0.25, 0.3) is 0 Å². The summed E-state index contributed by atoms with van der Waals surface area (Å²) in [5.41, 5.74) is 34.0. The molecular formula is C84H108BN2. The molecule has 2 unspecified atom stereocenters. The Labute approximate surface area is 529 Å². The minimum atomic E-state index is -0.272. The van der Waals surface area contributed by atoms with Crippen molar-refractivity contribution in [3.05, 3.63) is 164 Å². The molecule has 0 saturated carbocycles. The van der Waals surface area contributed by atoms with Gasteiger partial charge in [-0.1, -0.05) is 218 Å². The second-order valence-electron chi connectivity index (χ2n) is 35.5. The van der Waals surface area contributed by atoms with Crippen molar-refractivity contribution in [3.63, 3.8) is 0 Å². The number of allylic oxidation sites excluding steroid dienone is 4. The van der Waals surface area contributed by atoms with Crippen molar-refractivity contribution < 1.29 is 0 Å². The summed E-state index contributed by atoms with van der Waals surface area (Å²) in [6, 6.07) is 37.7. The van der Waals surface area contributed by atoms with Gasteiger partial charge in [-0.3, -0.25) is 0 Å². The van der Waals surface area contributed by atoms with Crippen LogP contribution in [0.1, 0.15) is 273 Å². The fourth-order valence-corrected chi connectivity index (χ4v) is 17.5. The smallest absolute Gasteiger partial charge is 0.197 e. The van der Waals surface area contributed by atoms with Crippen molar-refractivity contribution >= 4 is 41.0 Å². The van der Waals surface area contributed by atoms with Gasteiger partial charge in [0.15, 0.2) is 7.28 Å². The van der Waals surface area contributed by atoms with Crippen LogP contribution in [-0.4, -0.2) is 7.28 Å². The van der Waals surface area contributed by atoms with Crippen LogP contribution in [-0.2, 0) is 32.5 Å². The van der Waals surface area contributed by atoms with Gasteiger partial charge >= 0.3 is 0 Å². The second-order valence-corrected chi connectivity index (χ2v) is 35.5. The number of rotatable bonds is 9. The van der Waals surface area contributed by atoms with Crippen LogP contribution in [0.2, 0.25) is 0 Å². The summed E-state index contributed by atoms with van der Waals surface area (Å²) in [7, 11) is 2.66. The SMILES string of the molecule is CCC1c2cc(Nc3ccc4c(c3)C(C)(C)CCC4(C)C)c(-c3c4c(cc(-c5ccccc5C)c3C(C)(C)C)N(C3=CC5=C(CC3)C(C)(C)CC(C)C5(C)C)c3ccc(C(C)(C)CCC(C)(C)C)cc3[B]4)cc2-c2cc3c(cc21)C(C)(C)CCC3(C)C. The average molecular weight is 1160 g/mol. The summed E-state index contributed by atoms with van der Waals surface area (Å²) in [6.45, 7) is 56.9. The lowest BCUT2D eigenvalue weighted by atomic mass is 9.55. The largest absolute Gasteiger partial charge is 0.355 e. The van der Waals surface area contributed by atoms with Gasteiger partial charge in [0, 0.05) is 39.9 Å². The molecule has 0 bridgehead atoms. The van der Waals surface area contributed by atoms with Crippen LogP contribution in [0.3, 0.4) is 0 Å². The number of anilines is 4. The van der Waals surface area contributed by atoms with Gasteiger partial charge in [0.1, 0.15) is 0 Å². The summed E-state index contributed by atoms with van der Waals surface area (Å²) in [5.74, 6) is 0.845. The molecule has 1 aliphatic heterocycles. The minimum Gasteiger partial charge on any atom is -0.355 e. The number of nitrogens with zero attached hydrogens (tertiary/aromatic N) is 1. The van der Waals surface area contributed by atoms with Gasteiger partial charge in [-0.2, -0.15) is 0 Å². The Morgan fingerprint density at radius 2 is 1.18 bits per heavy atom. The Balaban J connectivity index is 1.21. The zero-order chi connectivity index (χ0) is 62.9. The van der Waals surface area contributed by atoms with E-state index in [2.05, 4.69) is 274 Å². The number of nitrogens with one attached hydrogen (secondary N) is 1. The lowest BCUT2D eigenvalue weighted by Crippen LogP contribution is -2.45. The number of benzene rings is 6. The summed E-state index contributed by atoms with van der Waals surface area (Å²) in [6.07, 6.45) is 14.1. The predicted molar refractivity (Wildman–Crippen MR) is 380 cm³/mol. The molecule has 0 spiro atoms. The Hall–Kier alpha value is -5.54. The zero-order valence-corrected chi connectivity index (χ0v) is 58.5. The molecule has 1 heterocycles. The van der Waals surface area contributed by atoms with Crippen LogP contribution < -0.4 is 21.1 Å². The van der Waals surface area contributed by atoms with E-state index in [4.69, 9.17) is 0 Å². The van der Waals surface area contributed by atoms with Gasteiger partial charge in [-0.05, 0) is 257 Å². The highest BCUT2D eigenvalue weighted by atomic mass is 15.2. The summed E-state index contributed by atoms with van der Waals surface area (Å²) >= 11 is 0. The van der Waals surface area contributed by atoms with E-state index in [1.807, 2.05) is 0 Å². The van der Waals surface area contributed by atoms with Crippen molar-refractivity contribution in [1.29, 1.82) is 0 Å². The van der Waals surface area contributed by atoms with Crippen LogP contribution in [0.25, 0.3) is 33.4 Å². The molecule has 0 aromatic heterocycles. The number of hydrogen-bond donors (Lipinski definition) is 1. The van der Waals surface area contributed by atoms with E-state index in [-0.39, 0.29) is 54.7 Å². The lowest BCUT2D eigenvalue weighted by Gasteiger charge is -2.50. The summed E-state index contributed by atoms with van der Waals surface area (Å²) in [4.78, 5) is 2.78. The van der Waals surface area contributed by atoms with E-state index in [0.717, 1.165) is 25.7 Å². The van der Waals surface area contributed by atoms with Crippen LogP contribution in [0, 0.1) is 29.1 Å². The van der Waals surface area contributed by atoms with Crippen molar-refractivity contribution in [2.24, 2.45) is 22.2 Å². The van der Waals surface area contributed by atoms with Gasteiger partial charge in [0.2, 0.25) is 0 Å². The molecule has 87 heavy (non-hydrogen) atoms. The first kappa shape index (κ1) is 61.7. The van der Waals surface area contributed by atoms with E-state index in [1.165, 1.54) is 156 Å². The maximum Gasteiger partial charge on any atom is 0.197 e. The van der Waals surface area contributed by atoms with Crippen LogP contribution in [0.15, 0.2) is 114 Å². The van der Waals surface area contributed by atoms with Gasteiger partial charge in [-0.25, -0.2) is 0 Å². The second kappa shape index (κ2) is 20.5. The third kappa shape index (κ3) is 10.4. The maximum atomic E-state index is 4.38. The maximum absolute atomic E-state index is 4.38. The number of hydrogen-bond acceptors (Lipinski definition) is 2. The van der Waals surface area contributed by atoms with Crippen molar-refractivity contribution in [1.82, 2.24) is 0 Å². The topological polar surface area (TPSA) is 15.3 Å². The first-order valence-corrected chi connectivity index (χ1v) is 34.2. The van der Waals surface area contributed by atoms with Crippen LogP contribution in [0.4, 0.5) is 22.7 Å². The molecule has 0 saturated heterocycles. The average Bonchev–Trinajstić information content (AvgIpc) is 1.70. The molecule has 1 N–H and O–H groups in total. The standard InChI is InChI=1S/C84H108BN2/c1-24-55-58-45-66-67(82(18,19)40-39-81(66,16)17)46-59(58)57-44-62(70(47-60(55)57)86-53-30-32-63-65(42-53)80(14,15)38-37-79(63,12)13)73-74(77(7,8)9)61(56-28-26-25-27-50(56)2)48-72-75(73)85-69-41-52(78(10,11)36-35-76(4,5)6)29-34-71(69)87(72)54-31-33-64-68(43-54)84(22,23)51(3)49-83(64,20)21/h25-30,32,34,41-48,51,55,86H,24,31,33,35-40,49H2,1-23H3. The molecule has 6 aromatic rings. The fourth-order valence-electron chi connectivity index (χ4n) is 17.5. The third-order valence-corrected chi connectivity index (χ3v) is 23.8. The van der Waals surface area contributed by atoms with Gasteiger partial charge in [-0.15, -0.1) is 0 Å². The van der Waals surface area contributed by atoms with E-state index in [1.54, 1.807) is 16.7 Å². The molecule has 12 rings (SSSR count). The summed E-state index contributed by atoms with van der Waals surface area (Å²) < 4.78 is 0. The Kier molecular flexibility index (Phi) is 14.5. The molecular weight excluding hydrogens is 1050 g/mol. The molecule has 0 amide bonds. The van der Waals surface area contributed by atoms with Gasteiger partial charge < -0.3 is 10.2 Å². The quantitative estimate of drug-likeness (QED) is 0.145. The molecule has 6 aliphatic rings. The Bertz CT molecular complexity index is 3860. The van der Waals surface area contributed by atoms with E-state index in [0.29, 0.717) is 5.92 Å². The fraction of sp³-hybridized carbons (Fsp3) is 0.524. The number of aryl methyl sites for hydroxylation is 1. The monoisotopic (exact) mass is 1160 g/mol. The van der Waals surface area contributed by atoms with Crippen LogP contribution in [0.5, 0.6) is 0 Å². The van der Waals surface area contributed by atoms with Crippen molar-refractivity contribution in [2.75, 3.05) is 10.2 Å². The molecule has 5 aliphatic carbocycles. The molecule has 6 aromatic carbocycles. The molecule has 2 nitrogen and oxygen atoms in total. The predicted octanol–water partition coefficient (Wildman–Crippen LogP) is 22.9. The highest BCUT2D eigenvalue weighted by Crippen LogP contribution is 2.60. The summed E-state index contributed by atoms with van der Waals surface area (Å²) in [5, 5.41) is 4.38.